The Morgan fingerprint density at radius 2 is 2.19 bits per heavy atom. The number of benzene rings is 1. The Hall–Kier alpha value is -0.840. The minimum absolute atomic E-state index is 0.118. The van der Waals surface area contributed by atoms with Gasteiger partial charge in [-0.1, -0.05) is 11.6 Å². The van der Waals surface area contributed by atoms with Gasteiger partial charge >= 0.3 is 0 Å². The molecular formula is C15H18Cl2FN3. The van der Waals surface area contributed by atoms with E-state index in [1.165, 1.54) is 18.9 Å². The summed E-state index contributed by atoms with van der Waals surface area (Å²) in [6.07, 6.45) is 2.55. The Bertz CT molecular complexity index is 664. The zero-order valence-corrected chi connectivity index (χ0v) is 13.6. The molecule has 0 radical (unpaired) electrons. The van der Waals surface area contributed by atoms with Crippen molar-refractivity contribution in [2.75, 3.05) is 13.6 Å². The lowest BCUT2D eigenvalue weighted by molar-refractivity contribution is 0.309. The number of alkyl halides is 1. The van der Waals surface area contributed by atoms with Crippen molar-refractivity contribution in [3.8, 4) is 0 Å². The van der Waals surface area contributed by atoms with Gasteiger partial charge in [-0.05, 0) is 32.9 Å². The highest BCUT2D eigenvalue weighted by Gasteiger charge is 2.26. The Labute approximate surface area is 133 Å². The van der Waals surface area contributed by atoms with Crippen LogP contribution < -0.4 is 0 Å². The van der Waals surface area contributed by atoms with Crippen LogP contribution in [0, 0.1) is 5.82 Å². The van der Waals surface area contributed by atoms with Gasteiger partial charge in [0.1, 0.15) is 11.6 Å². The van der Waals surface area contributed by atoms with Gasteiger partial charge in [-0.25, -0.2) is 9.37 Å². The van der Waals surface area contributed by atoms with Gasteiger partial charge in [-0.2, -0.15) is 0 Å². The summed E-state index contributed by atoms with van der Waals surface area (Å²) in [5, 5.41) is -0.113. The van der Waals surface area contributed by atoms with Crippen LogP contribution in [0.2, 0.25) is 5.02 Å². The van der Waals surface area contributed by atoms with Crippen molar-refractivity contribution in [1.82, 2.24) is 14.5 Å². The Morgan fingerprint density at radius 1 is 1.48 bits per heavy atom. The predicted molar refractivity (Wildman–Crippen MR) is 84.6 cm³/mol. The highest BCUT2D eigenvalue weighted by molar-refractivity contribution is 6.31. The van der Waals surface area contributed by atoms with E-state index in [2.05, 4.69) is 21.5 Å². The van der Waals surface area contributed by atoms with Crippen LogP contribution in [-0.4, -0.2) is 34.1 Å². The number of likely N-dealkylation sites (N-methyl/N-ethyl adjacent to an activating group) is 1. The number of hydrogen-bond donors (Lipinski definition) is 0. The minimum atomic E-state index is -0.447. The van der Waals surface area contributed by atoms with E-state index in [-0.39, 0.29) is 10.4 Å². The van der Waals surface area contributed by atoms with Crippen LogP contribution in [0.5, 0.6) is 0 Å². The first kappa shape index (κ1) is 15.1. The van der Waals surface area contributed by atoms with Crippen LogP contribution in [0.3, 0.4) is 0 Å². The minimum Gasteiger partial charge on any atom is -0.325 e. The molecule has 0 bridgehead atoms. The summed E-state index contributed by atoms with van der Waals surface area (Å²) in [6.45, 7) is 3.57. The van der Waals surface area contributed by atoms with E-state index >= 15 is 0 Å². The molecule has 6 heteroatoms. The number of imidazole rings is 1. The van der Waals surface area contributed by atoms with Crippen molar-refractivity contribution in [3.63, 3.8) is 0 Å². The lowest BCUT2D eigenvalue weighted by Gasteiger charge is -2.18. The number of hydrogen-bond acceptors (Lipinski definition) is 2. The second-order valence-electron chi connectivity index (χ2n) is 5.70. The van der Waals surface area contributed by atoms with Crippen molar-refractivity contribution < 1.29 is 4.39 Å². The van der Waals surface area contributed by atoms with E-state index in [1.54, 1.807) is 6.07 Å². The molecule has 0 saturated heterocycles. The van der Waals surface area contributed by atoms with E-state index in [0.29, 0.717) is 11.6 Å². The summed E-state index contributed by atoms with van der Waals surface area (Å²) >= 11 is 12.1. The molecule has 21 heavy (non-hydrogen) atoms. The molecule has 3 rings (SSSR count). The van der Waals surface area contributed by atoms with Gasteiger partial charge in [0.2, 0.25) is 0 Å². The Morgan fingerprint density at radius 3 is 2.81 bits per heavy atom. The molecular weight excluding hydrogens is 312 g/mol. The molecule has 1 aromatic heterocycles. The molecule has 1 heterocycles. The fourth-order valence-corrected chi connectivity index (χ4v) is 2.96. The zero-order chi connectivity index (χ0) is 15.1. The predicted octanol–water partition coefficient (Wildman–Crippen LogP) is 4.22. The van der Waals surface area contributed by atoms with Crippen LogP contribution in [0.1, 0.15) is 31.0 Å². The molecule has 0 amide bonds. The number of aromatic nitrogens is 2. The lowest BCUT2D eigenvalue weighted by Crippen LogP contribution is -2.25. The first-order valence-electron chi connectivity index (χ1n) is 7.17. The van der Waals surface area contributed by atoms with Crippen molar-refractivity contribution in [3.05, 3.63) is 28.8 Å². The summed E-state index contributed by atoms with van der Waals surface area (Å²) in [6, 6.07) is 3.72. The molecule has 114 valence electrons. The first-order valence-corrected chi connectivity index (χ1v) is 7.98. The maximum absolute atomic E-state index is 13.6. The van der Waals surface area contributed by atoms with Crippen molar-refractivity contribution in [2.24, 2.45) is 0 Å². The SMILES string of the molecule is CC(Cl)c1nc2cc(F)c(Cl)cc2n1CCN(C)C1CC1. The van der Waals surface area contributed by atoms with Crippen LogP contribution >= 0.6 is 23.2 Å². The lowest BCUT2D eigenvalue weighted by atomic mass is 10.3. The largest absolute Gasteiger partial charge is 0.325 e. The van der Waals surface area contributed by atoms with Crippen molar-refractivity contribution in [2.45, 2.75) is 37.7 Å². The second-order valence-corrected chi connectivity index (χ2v) is 6.77. The molecule has 2 aromatic rings. The molecule has 0 aliphatic heterocycles. The average Bonchev–Trinajstić information content (AvgIpc) is 3.21. The second kappa shape index (κ2) is 5.75. The summed E-state index contributed by atoms with van der Waals surface area (Å²) in [5.41, 5.74) is 1.45. The molecule has 1 aliphatic rings. The molecule has 1 fully saturated rings. The molecule has 0 N–H and O–H groups in total. The van der Waals surface area contributed by atoms with Gasteiger partial charge in [-0.15, -0.1) is 11.6 Å². The zero-order valence-electron chi connectivity index (χ0n) is 12.1. The van der Waals surface area contributed by atoms with E-state index < -0.39 is 5.82 Å². The van der Waals surface area contributed by atoms with Gasteiger partial charge in [0, 0.05) is 25.2 Å². The highest BCUT2D eigenvalue weighted by atomic mass is 35.5. The van der Waals surface area contributed by atoms with E-state index in [9.17, 15) is 4.39 Å². The summed E-state index contributed by atoms with van der Waals surface area (Å²) < 4.78 is 15.6. The molecule has 1 aromatic carbocycles. The third-order valence-corrected chi connectivity index (χ3v) is 4.51. The van der Waals surface area contributed by atoms with Gasteiger partial charge in [-0.3, -0.25) is 0 Å². The third-order valence-electron chi connectivity index (χ3n) is 4.02. The summed E-state index contributed by atoms with van der Waals surface area (Å²) in [7, 11) is 2.13. The van der Waals surface area contributed by atoms with Crippen LogP contribution in [0.4, 0.5) is 4.39 Å². The van der Waals surface area contributed by atoms with Crippen molar-refractivity contribution >= 4 is 34.2 Å². The average molecular weight is 330 g/mol. The first-order chi connectivity index (χ1) is 9.97. The van der Waals surface area contributed by atoms with Gasteiger partial charge in [0.15, 0.2) is 0 Å². The maximum Gasteiger partial charge on any atom is 0.144 e. The fourth-order valence-electron chi connectivity index (χ4n) is 2.63. The van der Waals surface area contributed by atoms with Crippen LogP contribution in [0.15, 0.2) is 12.1 Å². The highest BCUT2D eigenvalue weighted by Crippen LogP contribution is 2.29. The standard InChI is InChI=1S/C15H18Cl2FN3/c1-9(16)15-19-13-8-12(18)11(17)7-14(13)21(15)6-5-20(2)10-3-4-10/h7-10H,3-6H2,1-2H3. The van der Waals surface area contributed by atoms with Crippen molar-refractivity contribution in [1.29, 1.82) is 0 Å². The van der Waals surface area contributed by atoms with Gasteiger partial charge in [0.05, 0.1) is 21.4 Å². The summed E-state index contributed by atoms with van der Waals surface area (Å²) in [5.74, 6) is 0.315. The van der Waals surface area contributed by atoms with Gasteiger partial charge in [0.25, 0.3) is 0 Å². The Kier molecular flexibility index (Phi) is 4.12. The fraction of sp³-hybridized carbons (Fsp3) is 0.533. The normalized spacial score (nSPS) is 16.9. The maximum atomic E-state index is 13.6. The van der Waals surface area contributed by atoms with Crippen LogP contribution in [-0.2, 0) is 6.54 Å². The van der Waals surface area contributed by atoms with Crippen LogP contribution in [0.25, 0.3) is 11.0 Å². The van der Waals surface area contributed by atoms with E-state index in [1.807, 2.05) is 6.92 Å². The van der Waals surface area contributed by atoms with E-state index in [0.717, 1.165) is 24.4 Å². The molecule has 1 saturated carbocycles. The van der Waals surface area contributed by atoms with E-state index in [4.69, 9.17) is 23.2 Å². The monoisotopic (exact) mass is 329 g/mol. The molecule has 1 aliphatic carbocycles. The number of rotatable bonds is 5. The topological polar surface area (TPSA) is 21.1 Å². The molecule has 1 unspecified atom stereocenters. The quantitative estimate of drug-likeness (QED) is 0.765. The van der Waals surface area contributed by atoms with Gasteiger partial charge < -0.3 is 9.47 Å². The smallest absolute Gasteiger partial charge is 0.144 e. The Balaban J connectivity index is 1.96. The number of fused-ring (bicyclic) bond motifs is 1. The molecule has 0 spiro atoms. The molecule has 3 nitrogen and oxygen atoms in total. The summed E-state index contributed by atoms with van der Waals surface area (Å²) in [4.78, 5) is 6.81. The molecule has 1 atom stereocenters. The number of halogens is 3. The third kappa shape index (κ3) is 3.03. The number of nitrogens with zero attached hydrogens (tertiary/aromatic N) is 3.